The van der Waals surface area contributed by atoms with Gasteiger partial charge in [-0.3, -0.25) is 0 Å². The van der Waals surface area contributed by atoms with Crippen LogP contribution in [-0.4, -0.2) is 36.4 Å². The van der Waals surface area contributed by atoms with E-state index in [1.807, 2.05) is 0 Å². The van der Waals surface area contributed by atoms with E-state index in [1.165, 1.54) is 6.07 Å². The number of sulfonamides is 1. The molecular formula is C9H13NO4S. The Hall–Kier alpha value is -0.950. The van der Waals surface area contributed by atoms with Crippen LogP contribution >= 0.6 is 0 Å². The van der Waals surface area contributed by atoms with Gasteiger partial charge in [-0.15, -0.1) is 4.31 Å². The number of aryl methyl sites for hydroxylation is 1. The van der Waals surface area contributed by atoms with Crippen molar-refractivity contribution in [2.45, 2.75) is 11.8 Å². The minimum Gasteiger partial charge on any atom is -0.380 e. The van der Waals surface area contributed by atoms with Gasteiger partial charge in [0.15, 0.2) is 0 Å². The molecule has 0 fully saturated rings. The highest BCUT2D eigenvalue weighted by atomic mass is 32.2. The van der Waals surface area contributed by atoms with E-state index in [9.17, 15) is 8.42 Å². The maximum Gasteiger partial charge on any atom is 0.247 e. The molecule has 1 aromatic rings. The summed E-state index contributed by atoms with van der Waals surface area (Å²) in [7, 11) is -3.80. The van der Waals surface area contributed by atoms with Gasteiger partial charge in [-0.05, 0) is 18.6 Å². The molecule has 0 aliphatic carbocycles. The lowest BCUT2D eigenvalue weighted by Crippen LogP contribution is -2.33. The number of benzene rings is 1. The molecule has 0 aromatic heterocycles. The fourth-order valence-corrected chi connectivity index (χ4v) is 2.49. The maximum atomic E-state index is 11.8. The van der Waals surface area contributed by atoms with Crippen molar-refractivity contribution in [3.8, 4) is 0 Å². The van der Waals surface area contributed by atoms with Crippen LogP contribution in [0.25, 0.3) is 0 Å². The summed E-state index contributed by atoms with van der Waals surface area (Å²) in [5.41, 5.74) is 0.574. The van der Waals surface area contributed by atoms with E-state index in [0.717, 1.165) is 0 Å². The van der Waals surface area contributed by atoms with Crippen molar-refractivity contribution in [3.63, 3.8) is 0 Å². The number of aliphatic hydroxyl groups excluding tert-OH is 2. The summed E-state index contributed by atoms with van der Waals surface area (Å²) in [6.45, 7) is 0.167. The van der Waals surface area contributed by atoms with Crippen LogP contribution < -0.4 is 0 Å². The van der Waals surface area contributed by atoms with Crippen LogP contribution in [0.1, 0.15) is 5.56 Å². The number of aliphatic hydroxyl groups is 2. The van der Waals surface area contributed by atoms with Gasteiger partial charge in [0.1, 0.15) is 13.5 Å². The topological polar surface area (TPSA) is 77.8 Å². The van der Waals surface area contributed by atoms with E-state index in [1.54, 1.807) is 25.1 Å². The minimum atomic E-state index is -3.80. The van der Waals surface area contributed by atoms with Gasteiger partial charge in [0.2, 0.25) is 10.0 Å². The molecule has 84 valence electrons. The summed E-state index contributed by atoms with van der Waals surface area (Å²) in [4.78, 5) is 0.0908. The predicted molar refractivity (Wildman–Crippen MR) is 54.4 cm³/mol. The SMILES string of the molecule is Cc1ccccc1S(=O)(=O)N(CO)CO. The lowest BCUT2D eigenvalue weighted by atomic mass is 10.2. The molecule has 0 heterocycles. The third-order valence-electron chi connectivity index (χ3n) is 2.03. The van der Waals surface area contributed by atoms with E-state index in [2.05, 4.69) is 0 Å². The van der Waals surface area contributed by atoms with Crippen molar-refractivity contribution in [1.29, 1.82) is 0 Å². The average molecular weight is 231 g/mol. The summed E-state index contributed by atoms with van der Waals surface area (Å²) in [5, 5.41) is 17.6. The van der Waals surface area contributed by atoms with E-state index in [4.69, 9.17) is 10.2 Å². The van der Waals surface area contributed by atoms with Gasteiger partial charge in [-0.2, -0.15) is 0 Å². The average Bonchev–Trinajstić information content (AvgIpc) is 2.19. The molecule has 2 N–H and O–H groups in total. The fraction of sp³-hybridized carbons (Fsp3) is 0.333. The molecule has 0 amide bonds. The number of rotatable bonds is 4. The standard InChI is InChI=1S/C9H13NO4S/c1-8-4-2-3-5-9(8)15(13,14)10(6-11)7-12/h2-5,11-12H,6-7H2,1H3. The lowest BCUT2D eigenvalue weighted by molar-refractivity contribution is 0.0965. The molecule has 5 nitrogen and oxygen atoms in total. The number of hydrogen-bond acceptors (Lipinski definition) is 4. The Labute approximate surface area is 88.6 Å². The van der Waals surface area contributed by atoms with Gasteiger partial charge in [0, 0.05) is 0 Å². The first-order valence-corrected chi connectivity index (χ1v) is 5.75. The molecule has 0 unspecified atom stereocenters. The Bertz CT molecular complexity index is 425. The van der Waals surface area contributed by atoms with E-state index in [0.29, 0.717) is 9.87 Å². The summed E-state index contributed by atoms with van der Waals surface area (Å²) < 4.78 is 24.2. The highest BCUT2D eigenvalue weighted by molar-refractivity contribution is 7.89. The molecule has 0 bridgehead atoms. The Morgan fingerprint density at radius 2 is 1.73 bits per heavy atom. The van der Waals surface area contributed by atoms with Crippen molar-refractivity contribution in [3.05, 3.63) is 29.8 Å². The molecule has 0 saturated carbocycles. The van der Waals surface area contributed by atoms with E-state index < -0.39 is 23.5 Å². The third-order valence-corrected chi connectivity index (χ3v) is 3.95. The minimum absolute atomic E-state index is 0.0908. The summed E-state index contributed by atoms with van der Waals surface area (Å²) in [6, 6.07) is 6.40. The first-order valence-electron chi connectivity index (χ1n) is 4.31. The van der Waals surface area contributed by atoms with Crippen molar-refractivity contribution in [1.82, 2.24) is 4.31 Å². The van der Waals surface area contributed by atoms with Crippen LogP contribution in [0.3, 0.4) is 0 Å². The predicted octanol–water partition coefficient (Wildman–Crippen LogP) is -0.115. The first-order chi connectivity index (χ1) is 7.04. The second-order valence-electron chi connectivity index (χ2n) is 3.01. The second-order valence-corrected chi connectivity index (χ2v) is 4.91. The maximum absolute atomic E-state index is 11.8. The molecule has 1 rings (SSSR count). The van der Waals surface area contributed by atoms with Crippen molar-refractivity contribution in [2.24, 2.45) is 0 Å². The fourth-order valence-electron chi connectivity index (χ4n) is 1.18. The molecule has 0 saturated heterocycles. The Balaban J connectivity index is 3.23. The van der Waals surface area contributed by atoms with Gasteiger partial charge in [0.25, 0.3) is 0 Å². The molecule has 1 aromatic carbocycles. The second kappa shape index (κ2) is 4.71. The Morgan fingerprint density at radius 3 is 2.20 bits per heavy atom. The first kappa shape index (κ1) is 12.1. The van der Waals surface area contributed by atoms with E-state index in [-0.39, 0.29) is 4.90 Å². The van der Waals surface area contributed by atoms with Gasteiger partial charge < -0.3 is 10.2 Å². The van der Waals surface area contributed by atoms with Crippen LogP contribution in [0.2, 0.25) is 0 Å². The Kier molecular flexibility index (Phi) is 3.81. The van der Waals surface area contributed by atoms with Crippen molar-refractivity contribution >= 4 is 10.0 Å². The quantitative estimate of drug-likeness (QED) is 0.708. The molecule has 0 aliphatic heterocycles. The van der Waals surface area contributed by atoms with Crippen molar-refractivity contribution in [2.75, 3.05) is 13.5 Å². The zero-order valence-electron chi connectivity index (χ0n) is 8.29. The van der Waals surface area contributed by atoms with Crippen LogP contribution in [0.5, 0.6) is 0 Å². The molecule has 15 heavy (non-hydrogen) atoms. The van der Waals surface area contributed by atoms with Crippen LogP contribution in [-0.2, 0) is 10.0 Å². The largest absolute Gasteiger partial charge is 0.380 e. The van der Waals surface area contributed by atoms with Gasteiger partial charge in [-0.25, -0.2) is 8.42 Å². The Morgan fingerprint density at radius 1 is 1.20 bits per heavy atom. The van der Waals surface area contributed by atoms with Crippen LogP contribution in [0.15, 0.2) is 29.2 Å². The summed E-state index contributed by atoms with van der Waals surface area (Å²) in [5.74, 6) is 0. The zero-order chi connectivity index (χ0) is 11.5. The van der Waals surface area contributed by atoms with Gasteiger partial charge in [-0.1, -0.05) is 18.2 Å². The zero-order valence-corrected chi connectivity index (χ0v) is 9.11. The molecule has 6 heteroatoms. The molecule has 0 aliphatic rings. The summed E-state index contributed by atoms with van der Waals surface area (Å²) in [6.07, 6.45) is 0. The third kappa shape index (κ3) is 2.35. The highest BCUT2D eigenvalue weighted by Gasteiger charge is 2.24. The lowest BCUT2D eigenvalue weighted by Gasteiger charge is -2.17. The number of hydrogen-bond donors (Lipinski definition) is 2. The molecule has 0 radical (unpaired) electrons. The van der Waals surface area contributed by atoms with E-state index >= 15 is 0 Å². The van der Waals surface area contributed by atoms with Crippen molar-refractivity contribution < 1.29 is 18.6 Å². The monoisotopic (exact) mass is 231 g/mol. The van der Waals surface area contributed by atoms with Crippen LogP contribution in [0.4, 0.5) is 0 Å². The number of nitrogens with zero attached hydrogens (tertiary/aromatic N) is 1. The summed E-state index contributed by atoms with van der Waals surface area (Å²) >= 11 is 0. The smallest absolute Gasteiger partial charge is 0.247 e. The van der Waals surface area contributed by atoms with Gasteiger partial charge >= 0.3 is 0 Å². The van der Waals surface area contributed by atoms with Crippen LogP contribution in [0, 0.1) is 6.92 Å². The molecule has 0 atom stereocenters. The molecule has 0 spiro atoms. The normalized spacial score (nSPS) is 12.0. The van der Waals surface area contributed by atoms with Gasteiger partial charge in [0.05, 0.1) is 4.90 Å². The highest BCUT2D eigenvalue weighted by Crippen LogP contribution is 2.18. The molecular weight excluding hydrogens is 218 g/mol.